The van der Waals surface area contributed by atoms with Gasteiger partial charge in [-0.05, 0) is 6.07 Å². The summed E-state index contributed by atoms with van der Waals surface area (Å²) >= 11 is 16.8. The van der Waals surface area contributed by atoms with E-state index in [9.17, 15) is 4.79 Å². The van der Waals surface area contributed by atoms with Gasteiger partial charge in [-0.25, -0.2) is 0 Å². The molecule has 1 nitrogen and oxygen atoms in total. The van der Waals surface area contributed by atoms with Crippen molar-refractivity contribution in [3.8, 4) is 0 Å². The highest BCUT2D eigenvalue weighted by Crippen LogP contribution is 2.38. The Morgan fingerprint density at radius 1 is 1.25 bits per heavy atom. The largest absolute Gasteiger partial charge is 0.298 e. The third-order valence-electron chi connectivity index (χ3n) is 1.35. The van der Waals surface area contributed by atoms with Gasteiger partial charge in [-0.3, -0.25) is 4.79 Å². The third-order valence-corrected chi connectivity index (χ3v) is 2.00. The number of hydrogen-bond acceptors (Lipinski definition) is 1. The molecular weight excluding hydrogens is 218 g/mol. The molecule has 0 amide bonds. The molecular formula is C8H5Cl3O. The Morgan fingerprint density at radius 2 is 1.92 bits per heavy atom. The van der Waals surface area contributed by atoms with Gasteiger partial charge in [-0.15, -0.1) is 0 Å². The fourth-order valence-electron chi connectivity index (χ4n) is 0.788. The van der Waals surface area contributed by atoms with Gasteiger partial charge in [0.2, 0.25) is 3.79 Å². The summed E-state index contributed by atoms with van der Waals surface area (Å²) in [6.07, 6.45) is 0.708. The molecule has 0 bridgehead atoms. The summed E-state index contributed by atoms with van der Waals surface area (Å²) in [6, 6.07) is 6.51. The van der Waals surface area contributed by atoms with Crippen molar-refractivity contribution < 1.29 is 4.79 Å². The highest BCUT2D eigenvalue weighted by atomic mass is 35.6. The van der Waals surface area contributed by atoms with Crippen LogP contribution in [0.15, 0.2) is 24.3 Å². The molecule has 0 aromatic heterocycles. The number of carbonyl (C=O) groups excluding carboxylic acids is 1. The maximum absolute atomic E-state index is 10.4. The number of rotatable bonds is 1. The minimum atomic E-state index is -1.46. The van der Waals surface area contributed by atoms with Gasteiger partial charge in [0.1, 0.15) is 6.29 Å². The smallest absolute Gasteiger partial charge is 0.216 e. The highest BCUT2D eigenvalue weighted by molar-refractivity contribution is 6.66. The maximum Gasteiger partial charge on any atom is 0.216 e. The highest BCUT2D eigenvalue weighted by Gasteiger charge is 2.22. The van der Waals surface area contributed by atoms with Crippen LogP contribution in [0.25, 0.3) is 0 Å². The van der Waals surface area contributed by atoms with Crippen molar-refractivity contribution in [1.82, 2.24) is 0 Å². The average Bonchev–Trinajstić information content (AvgIpc) is 2.03. The van der Waals surface area contributed by atoms with Crippen molar-refractivity contribution in [2.24, 2.45) is 0 Å². The van der Waals surface area contributed by atoms with Crippen LogP contribution in [0.4, 0.5) is 0 Å². The van der Waals surface area contributed by atoms with Crippen molar-refractivity contribution >= 4 is 41.1 Å². The van der Waals surface area contributed by atoms with Crippen molar-refractivity contribution in [3.05, 3.63) is 35.4 Å². The van der Waals surface area contributed by atoms with Crippen molar-refractivity contribution in [1.29, 1.82) is 0 Å². The fraction of sp³-hybridized carbons (Fsp3) is 0.125. The van der Waals surface area contributed by atoms with Gasteiger partial charge in [0.25, 0.3) is 0 Å². The molecule has 64 valence electrons. The molecule has 0 spiro atoms. The number of carbonyl (C=O) groups is 1. The van der Waals surface area contributed by atoms with E-state index in [4.69, 9.17) is 34.8 Å². The van der Waals surface area contributed by atoms with E-state index in [0.717, 1.165) is 0 Å². The zero-order valence-electron chi connectivity index (χ0n) is 5.93. The van der Waals surface area contributed by atoms with E-state index < -0.39 is 3.79 Å². The standard InChI is InChI=1S/C8H5Cl3O/c9-8(10,11)7-3-1-2-6(4-7)5-12/h1-5H. The molecule has 12 heavy (non-hydrogen) atoms. The number of benzene rings is 1. The third kappa shape index (κ3) is 2.37. The van der Waals surface area contributed by atoms with Crippen LogP contribution in [0.2, 0.25) is 0 Å². The van der Waals surface area contributed by atoms with Crippen LogP contribution in [-0.2, 0) is 3.79 Å². The van der Waals surface area contributed by atoms with Gasteiger partial charge >= 0.3 is 0 Å². The van der Waals surface area contributed by atoms with E-state index in [1.54, 1.807) is 24.3 Å². The SMILES string of the molecule is O=Cc1cccc(C(Cl)(Cl)Cl)c1. The van der Waals surface area contributed by atoms with Crippen LogP contribution in [0.1, 0.15) is 15.9 Å². The van der Waals surface area contributed by atoms with Gasteiger partial charge in [0.05, 0.1) is 0 Å². The molecule has 0 fully saturated rings. The lowest BCUT2D eigenvalue weighted by Gasteiger charge is -2.10. The Bertz CT molecular complexity index is 291. The fourth-order valence-corrected chi connectivity index (χ4v) is 1.14. The molecule has 4 heteroatoms. The van der Waals surface area contributed by atoms with Gasteiger partial charge in [-0.2, -0.15) is 0 Å². The lowest BCUT2D eigenvalue weighted by atomic mass is 10.1. The van der Waals surface area contributed by atoms with E-state index in [0.29, 0.717) is 17.4 Å². The minimum absolute atomic E-state index is 0.497. The predicted molar refractivity (Wildman–Crippen MR) is 51.1 cm³/mol. The molecule has 0 N–H and O–H groups in total. The molecule has 0 atom stereocenters. The van der Waals surface area contributed by atoms with Crippen molar-refractivity contribution in [3.63, 3.8) is 0 Å². The van der Waals surface area contributed by atoms with Crippen LogP contribution < -0.4 is 0 Å². The Labute approximate surface area is 85.2 Å². The number of aldehydes is 1. The van der Waals surface area contributed by atoms with Crippen LogP contribution in [0.5, 0.6) is 0 Å². The topological polar surface area (TPSA) is 17.1 Å². The average molecular weight is 223 g/mol. The zero-order chi connectivity index (χ0) is 9.19. The molecule has 0 heterocycles. The van der Waals surface area contributed by atoms with E-state index in [1.807, 2.05) is 0 Å². The summed E-state index contributed by atoms with van der Waals surface area (Å²) in [4.78, 5) is 10.4. The molecule has 0 saturated heterocycles. The molecule has 0 unspecified atom stereocenters. The molecule has 0 aliphatic heterocycles. The normalized spacial score (nSPS) is 11.2. The Kier molecular flexibility index (Phi) is 2.99. The van der Waals surface area contributed by atoms with Crippen LogP contribution in [-0.4, -0.2) is 6.29 Å². The number of alkyl halides is 3. The monoisotopic (exact) mass is 222 g/mol. The molecule has 0 saturated carbocycles. The summed E-state index contributed by atoms with van der Waals surface area (Å²) < 4.78 is -1.46. The van der Waals surface area contributed by atoms with Gasteiger partial charge in [0.15, 0.2) is 0 Å². The molecule has 1 aromatic rings. The van der Waals surface area contributed by atoms with Crippen LogP contribution in [0.3, 0.4) is 0 Å². The number of hydrogen-bond donors (Lipinski definition) is 0. The first kappa shape index (κ1) is 9.85. The Morgan fingerprint density at radius 3 is 2.42 bits per heavy atom. The summed E-state index contributed by atoms with van der Waals surface area (Å²) in [5.41, 5.74) is 0.996. The van der Waals surface area contributed by atoms with E-state index in [1.165, 1.54) is 0 Å². The first-order valence-corrected chi connectivity index (χ1v) is 4.30. The van der Waals surface area contributed by atoms with Crippen molar-refractivity contribution in [2.75, 3.05) is 0 Å². The summed E-state index contributed by atoms with van der Waals surface area (Å²) in [6.45, 7) is 0. The minimum Gasteiger partial charge on any atom is -0.298 e. The lowest BCUT2D eigenvalue weighted by molar-refractivity contribution is 0.112. The Balaban J connectivity index is 3.10. The van der Waals surface area contributed by atoms with E-state index in [2.05, 4.69) is 0 Å². The zero-order valence-corrected chi connectivity index (χ0v) is 8.20. The molecule has 1 aromatic carbocycles. The quantitative estimate of drug-likeness (QED) is 0.527. The maximum atomic E-state index is 10.4. The molecule has 0 aliphatic carbocycles. The number of halogens is 3. The second-order valence-electron chi connectivity index (χ2n) is 2.24. The second-order valence-corrected chi connectivity index (χ2v) is 4.52. The molecule has 1 rings (SSSR count). The van der Waals surface area contributed by atoms with Gasteiger partial charge < -0.3 is 0 Å². The van der Waals surface area contributed by atoms with E-state index in [-0.39, 0.29) is 0 Å². The molecule has 0 radical (unpaired) electrons. The predicted octanol–water partition coefficient (Wildman–Crippen LogP) is 3.33. The van der Waals surface area contributed by atoms with Crippen LogP contribution >= 0.6 is 34.8 Å². The molecule has 0 aliphatic rings. The summed E-state index contributed by atoms with van der Waals surface area (Å²) in [7, 11) is 0. The second kappa shape index (κ2) is 3.65. The summed E-state index contributed by atoms with van der Waals surface area (Å²) in [5.74, 6) is 0. The van der Waals surface area contributed by atoms with Crippen LogP contribution in [0, 0.1) is 0 Å². The summed E-state index contributed by atoms with van der Waals surface area (Å²) in [5, 5.41) is 0. The van der Waals surface area contributed by atoms with Crippen molar-refractivity contribution in [2.45, 2.75) is 3.79 Å². The Hall–Kier alpha value is -0.240. The lowest BCUT2D eigenvalue weighted by Crippen LogP contribution is -2.00. The van der Waals surface area contributed by atoms with Gasteiger partial charge in [-0.1, -0.05) is 53.0 Å². The first-order valence-electron chi connectivity index (χ1n) is 3.16. The van der Waals surface area contributed by atoms with Gasteiger partial charge in [0, 0.05) is 11.1 Å². The first-order chi connectivity index (χ1) is 5.54. The van der Waals surface area contributed by atoms with E-state index >= 15 is 0 Å².